The molecule has 4 rings (SSSR count). The molecule has 0 fully saturated rings. The predicted molar refractivity (Wildman–Crippen MR) is 129 cm³/mol. The smallest absolute Gasteiger partial charge is 0.340 e. The van der Waals surface area contributed by atoms with Crippen molar-refractivity contribution in [2.75, 3.05) is 0 Å². The zero-order valence-electron chi connectivity index (χ0n) is 18.2. The molecule has 0 amide bonds. The zero-order chi connectivity index (χ0) is 24.4. The summed E-state index contributed by atoms with van der Waals surface area (Å²) >= 11 is 7.02. The summed E-state index contributed by atoms with van der Waals surface area (Å²) in [5.41, 5.74) is 1.59. The number of halogens is 2. The molecule has 3 aromatic rings. The Hall–Kier alpha value is -2.84. The summed E-state index contributed by atoms with van der Waals surface area (Å²) < 4.78 is 6.91. The highest BCUT2D eigenvalue weighted by Crippen LogP contribution is 2.57. The number of rotatable bonds is 3. The second kappa shape index (κ2) is 7.88. The Bertz CT molecular complexity index is 1310. The molecule has 0 aromatic heterocycles. The Morgan fingerprint density at radius 2 is 1.36 bits per heavy atom. The third-order valence-electron chi connectivity index (χ3n) is 6.35. The topological polar surface area (TPSA) is 104 Å². The van der Waals surface area contributed by atoms with Crippen molar-refractivity contribution in [1.29, 1.82) is 0 Å². The van der Waals surface area contributed by atoms with Crippen molar-refractivity contribution in [2.45, 2.75) is 33.3 Å². The number of aryl methyl sites for hydroxylation is 2. The number of hydrogen-bond donors (Lipinski definition) is 3. The summed E-state index contributed by atoms with van der Waals surface area (Å²) in [7, 11) is 0. The number of benzene rings is 3. The number of aromatic carboxylic acids is 1. The normalized spacial score (nSPS) is 14.2. The van der Waals surface area contributed by atoms with E-state index in [9.17, 15) is 24.9 Å². The Labute approximate surface area is 207 Å². The summed E-state index contributed by atoms with van der Waals surface area (Å²) in [6, 6.07) is 7.63. The minimum Gasteiger partial charge on any atom is -0.507 e. The fourth-order valence-corrected chi connectivity index (χ4v) is 5.90. The van der Waals surface area contributed by atoms with Crippen molar-refractivity contribution < 1.29 is 29.6 Å². The van der Waals surface area contributed by atoms with Crippen LogP contribution in [0.1, 0.15) is 59.7 Å². The third kappa shape index (κ3) is 3.27. The second-order valence-electron chi connectivity index (χ2n) is 8.18. The molecule has 0 radical (unpaired) electrons. The van der Waals surface area contributed by atoms with Crippen molar-refractivity contribution >= 4 is 43.8 Å². The van der Waals surface area contributed by atoms with Crippen LogP contribution in [0.5, 0.6) is 11.5 Å². The van der Waals surface area contributed by atoms with Crippen LogP contribution in [-0.2, 0) is 10.3 Å². The maximum Gasteiger partial charge on any atom is 0.340 e. The predicted octanol–water partition coefficient (Wildman–Crippen LogP) is 6.02. The molecule has 6 nitrogen and oxygen atoms in total. The van der Waals surface area contributed by atoms with E-state index in [1.54, 1.807) is 26.0 Å². The van der Waals surface area contributed by atoms with Crippen molar-refractivity contribution in [3.8, 4) is 11.5 Å². The molecule has 3 N–H and O–H groups in total. The van der Waals surface area contributed by atoms with E-state index in [0.717, 1.165) is 11.1 Å². The zero-order valence-corrected chi connectivity index (χ0v) is 21.4. The molecule has 33 heavy (non-hydrogen) atoms. The molecule has 8 heteroatoms. The molecule has 0 atom stereocenters. The summed E-state index contributed by atoms with van der Waals surface area (Å²) in [5, 5.41) is 32.2. The largest absolute Gasteiger partial charge is 0.507 e. The molecular formula is C25H20Br2O6. The first kappa shape index (κ1) is 23.3. The molecule has 0 unspecified atom stereocenters. The van der Waals surface area contributed by atoms with Crippen molar-refractivity contribution in [3.05, 3.63) is 89.3 Å². The number of phenols is 2. The minimum atomic E-state index is -1.82. The van der Waals surface area contributed by atoms with Gasteiger partial charge in [-0.05, 0) is 80.3 Å². The second-order valence-corrected chi connectivity index (χ2v) is 9.89. The maximum atomic E-state index is 13.1. The number of phenolic OH excluding ortho intramolecular Hbond substituents is 2. The van der Waals surface area contributed by atoms with E-state index in [0.29, 0.717) is 20.1 Å². The van der Waals surface area contributed by atoms with Crippen LogP contribution in [0.4, 0.5) is 0 Å². The lowest BCUT2D eigenvalue weighted by Crippen LogP contribution is -2.31. The van der Waals surface area contributed by atoms with Crippen LogP contribution in [0.25, 0.3) is 0 Å². The van der Waals surface area contributed by atoms with Gasteiger partial charge in [0.25, 0.3) is 0 Å². The van der Waals surface area contributed by atoms with Crippen molar-refractivity contribution in [3.63, 3.8) is 0 Å². The van der Waals surface area contributed by atoms with Crippen LogP contribution in [0, 0.1) is 27.7 Å². The highest BCUT2D eigenvalue weighted by atomic mass is 79.9. The summed E-state index contributed by atoms with van der Waals surface area (Å²) in [4.78, 5) is 24.9. The highest BCUT2D eigenvalue weighted by Gasteiger charge is 2.54. The molecule has 0 aliphatic carbocycles. The lowest BCUT2D eigenvalue weighted by atomic mass is 9.76. The van der Waals surface area contributed by atoms with Gasteiger partial charge in [0, 0.05) is 14.5 Å². The van der Waals surface area contributed by atoms with Crippen molar-refractivity contribution in [2.24, 2.45) is 0 Å². The fourth-order valence-electron chi connectivity index (χ4n) is 4.28. The van der Waals surface area contributed by atoms with Crippen LogP contribution in [-0.4, -0.2) is 27.3 Å². The first-order valence-electron chi connectivity index (χ1n) is 10.0. The summed E-state index contributed by atoms with van der Waals surface area (Å²) in [6.07, 6.45) is 0. The molecule has 1 heterocycles. The highest BCUT2D eigenvalue weighted by molar-refractivity contribution is 9.10. The number of carbonyl (C=O) groups is 2. The van der Waals surface area contributed by atoms with Gasteiger partial charge in [-0.25, -0.2) is 9.59 Å². The lowest BCUT2D eigenvalue weighted by Gasteiger charge is -2.34. The van der Waals surface area contributed by atoms with E-state index in [4.69, 9.17) is 4.74 Å². The number of ether oxygens (including phenoxy) is 1. The van der Waals surface area contributed by atoms with Gasteiger partial charge in [0.15, 0.2) is 5.60 Å². The minimum absolute atomic E-state index is 0.0599. The van der Waals surface area contributed by atoms with Crippen LogP contribution in [0.3, 0.4) is 0 Å². The molecule has 0 saturated carbocycles. The van der Waals surface area contributed by atoms with Crippen LogP contribution < -0.4 is 0 Å². The van der Waals surface area contributed by atoms with E-state index < -0.39 is 17.5 Å². The van der Waals surface area contributed by atoms with Gasteiger partial charge in [0.1, 0.15) is 11.5 Å². The van der Waals surface area contributed by atoms with E-state index in [-0.39, 0.29) is 39.3 Å². The average Bonchev–Trinajstić information content (AvgIpc) is 3.02. The molecule has 170 valence electrons. The average molecular weight is 576 g/mol. The fraction of sp³-hybridized carbons (Fsp3) is 0.200. The number of carboxylic acid groups (broad SMARTS) is 1. The molecule has 1 aliphatic rings. The van der Waals surface area contributed by atoms with Gasteiger partial charge in [0.2, 0.25) is 0 Å². The number of carbonyl (C=O) groups excluding carboxylic acids is 1. The standard InChI is InChI=1S/C25H20Br2O6/c1-10-7-17(26)19(21(28)12(10)3)25(20-18(27)8-11(2)13(4)22(20)29)16-9-14(23(30)31)5-6-15(16)24(32)33-25/h5-9,28-29H,1-4H3,(H,30,31). The monoisotopic (exact) mass is 574 g/mol. The Balaban J connectivity index is 2.27. The molecular weight excluding hydrogens is 556 g/mol. The Morgan fingerprint density at radius 3 is 1.82 bits per heavy atom. The number of cyclic esters (lactones) is 1. The third-order valence-corrected chi connectivity index (χ3v) is 7.60. The van der Waals surface area contributed by atoms with Gasteiger partial charge < -0.3 is 20.1 Å². The molecule has 1 aliphatic heterocycles. The van der Waals surface area contributed by atoms with E-state index in [1.807, 2.05) is 13.8 Å². The number of carboxylic acids is 1. The quantitative estimate of drug-likeness (QED) is 0.330. The Morgan fingerprint density at radius 1 is 0.879 bits per heavy atom. The van der Waals surface area contributed by atoms with E-state index >= 15 is 0 Å². The number of hydrogen-bond acceptors (Lipinski definition) is 5. The molecule has 0 bridgehead atoms. The summed E-state index contributed by atoms with van der Waals surface area (Å²) in [6.45, 7) is 7.12. The molecule has 0 spiro atoms. The van der Waals surface area contributed by atoms with Crippen molar-refractivity contribution in [1.82, 2.24) is 0 Å². The van der Waals surface area contributed by atoms with Crippen LogP contribution in [0.15, 0.2) is 39.3 Å². The maximum absolute atomic E-state index is 13.1. The van der Waals surface area contributed by atoms with Crippen LogP contribution >= 0.6 is 31.9 Å². The number of aromatic hydroxyl groups is 2. The van der Waals surface area contributed by atoms with E-state index in [2.05, 4.69) is 31.9 Å². The first-order valence-corrected chi connectivity index (χ1v) is 11.6. The van der Waals surface area contributed by atoms with Crippen LogP contribution in [0.2, 0.25) is 0 Å². The van der Waals surface area contributed by atoms with Gasteiger partial charge in [-0.15, -0.1) is 0 Å². The molecule has 0 saturated heterocycles. The first-order chi connectivity index (χ1) is 15.4. The number of fused-ring (bicyclic) bond motifs is 1. The van der Waals surface area contributed by atoms with E-state index in [1.165, 1.54) is 18.2 Å². The van der Waals surface area contributed by atoms with Gasteiger partial charge in [0.05, 0.1) is 22.3 Å². The SMILES string of the molecule is Cc1cc(Br)c(C2(c3c(Br)cc(C)c(C)c3O)OC(=O)c3ccc(C(=O)O)cc32)c(O)c1C. The van der Waals surface area contributed by atoms with Gasteiger partial charge in [-0.2, -0.15) is 0 Å². The van der Waals surface area contributed by atoms with Gasteiger partial charge in [-0.3, -0.25) is 0 Å². The Kier molecular flexibility index (Phi) is 5.57. The lowest BCUT2D eigenvalue weighted by molar-refractivity contribution is 0.0234. The molecule has 3 aromatic carbocycles. The van der Waals surface area contributed by atoms with Gasteiger partial charge in [-0.1, -0.05) is 31.9 Å². The summed E-state index contributed by atoms with van der Waals surface area (Å²) in [5.74, 6) is -2.14. The number of esters is 1. The van der Waals surface area contributed by atoms with Gasteiger partial charge >= 0.3 is 11.9 Å².